The minimum atomic E-state index is -0.188. The Morgan fingerprint density at radius 1 is 1.40 bits per heavy atom. The van der Waals surface area contributed by atoms with E-state index in [9.17, 15) is 0 Å². The van der Waals surface area contributed by atoms with Gasteiger partial charge in [0.2, 0.25) is 0 Å². The number of ether oxygens (including phenoxy) is 1. The van der Waals surface area contributed by atoms with Gasteiger partial charge in [0.15, 0.2) is 0 Å². The Morgan fingerprint density at radius 3 is 2.20 bits per heavy atom. The predicted octanol–water partition coefficient (Wildman–Crippen LogP) is 1.60. The second-order valence-corrected chi connectivity index (χ2v) is 2.00. The summed E-state index contributed by atoms with van der Waals surface area (Å²) in [6.45, 7) is 12.1. The molecule has 10 heavy (non-hydrogen) atoms. The highest BCUT2D eigenvalue weighted by Gasteiger charge is 1.96. The first kappa shape index (κ1) is 8.98. The molecule has 2 nitrogen and oxygen atoms in total. The van der Waals surface area contributed by atoms with Crippen molar-refractivity contribution in [3.63, 3.8) is 0 Å². The maximum Gasteiger partial charge on any atom is 0.122 e. The molecular formula is C8H12O2. The van der Waals surface area contributed by atoms with Crippen LogP contribution in [0.5, 0.6) is 0 Å². The van der Waals surface area contributed by atoms with Crippen molar-refractivity contribution in [3.05, 3.63) is 36.8 Å². The molecule has 0 rings (SSSR count). The summed E-state index contributed by atoms with van der Waals surface area (Å²) in [4.78, 5) is 0. The first-order chi connectivity index (χ1) is 4.57. The maximum atomic E-state index is 8.47. The van der Waals surface area contributed by atoms with Crippen molar-refractivity contribution >= 4 is 0 Å². The lowest BCUT2D eigenvalue weighted by Gasteiger charge is -2.07. The Labute approximate surface area is 61.1 Å². The minimum Gasteiger partial charge on any atom is -0.460 e. The summed E-state index contributed by atoms with van der Waals surface area (Å²) < 4.78 is 4.92. The number of rotatable bonds is 4. The van der Waals surface area contributed by atoms with Crippen LogP contribution in [-0.2, 0) is 4.74 Å². The lowest BCUT2D eigenvalue weighted by atomic mass is 10.3. The van der Waals surface area contributed by atoms with Crippen LogP contribution in [0.2, 0.25) is 0 Å². The van der Waals surface area contributed by atoms with Crippen LogP contribution in [0.25, 0.3) is 0 Å². The molecule has 0 atom stereocenters. The molecule has 0 saturated carbocycles. The highest BCUT2D eigenvalue weighted by Crippen LogP contribution is 2.08. The highest BCUT2D eigenvalue weighted by atomic mass is 16.5. The third-order valence-electron chi connectivity index (χ3n) is 0.920. The number of aliphatic hydroxyl groups is 1. The Morgan fingerprint density at radius 2 is 1.90 bits per heavy atom. The Hall–Kier alpha value is -1.02. The van der Waals surface area contributed by atoms with E-state index >= 15 is 0 Å². The van der Waals surface area contributed by atoms with E-state index in [0.29, 0.717) is 5.76 Å². The minimum absolute atomic E-state index is 0.188. The summed E-state index contributed by atoms with van der Waals surface area (Å²) in [5, 5.41) is 8.47. The number of hydrogen-bond donors (Lipinski definition) is 1. The molecule has 0 aromatic heterocycles. The second kappa shape index (κ2) is 3.90. The molecule has 0 aliphatic heterocycles. The van der Waals surface area contributed by atoms with Crippen LogP contribution >= 0.6 is 0 Å². The first-order valence-corrected chi connectivity index (χ1v) is 2.89. The molecule has 0 aliphatic rings. The van der Waals surface area contributed by atoms with Gasteiger partial charge in [-0.05, 0) is 12.5 Å². The smallest absolute Gasteiger partial charge is 0.122 e. The first-order valence-electron chi connectivity index (χ1n) is 2.89. The van der Waals surface area contributed by atoms with E-state index in [4.69, 9.17) is 9.84 Å². The van der Waals surface area contributed by atoms with Crippen LogP contribution in [-0.4, -0.2) is 11.7 Å². The van der Waals surface area contributed by atoms with Gasteiger partial charge in [-0.1, -0.05) is 19.7 Å². The van der Waals surface area contributed by atoms with Crippen LogP contribution in [0.1, 0.15) is 6.92 Å². The number of hydrogen-bond acceptors (Lipinski definition) is 2. The van der Waals surface area contributed by atoms with Crippen molar-refractivity contribution in [2.45, 2.75) is 6.92 Å². The molecule has 0 aliphatic carbocycles. The molecule has 0 radical (unpaired) electrons. The van der Waals surface area contributed by atoms with Gasteiger partial charge in [-0.2, -0.15) is 0 Å². The largest absolute Gasteiger partial charge is 0.460 e. The van der Waals surface area contributed by atoms with Gasteiger partial charge in [0.1, 0.15) is 18.1 Å². The summed E-state index contributed by atoms with van der Waals surface area (Å²) in [6, 6.07) is 0. The van der Waals surface area contributed by atoms with E-state index < -0.39 is 0 Å². The molecule has 0 heterocycles. The molecule has 2 heteroatoms. The molecule has 0 spiro atoms. The zero-order valence-electron chi connectivity index (χ0n) is 6.18. The average Bonchev–Trinajstić information content (AvgIpc) is 1.87. The van der Waals surface area contributed by atoms with Crippen molar-refractivity contribution in [1.82, 2.24) is 0 Å². The van der Waals surface area contributed by atoms with Crippen molar-refractivity contribution in [1.29, 1.82) is 0 Å². The molecule has 0 fully saturated rings. The molecule has 0 amide bonds. The third kappa shape index (κ3) is 3.10. The Bertz CT molecular complexity index is 168. The number of allylic oxidation sites excluding steroid dienone is 1. The molecule has 0 aromatic rings. The zero-order valence-corrected chi connectivity index (χ0v) is 6.18. The van der Waals surface area contributed by atoms with E-state index in [-0.39, 0.29) is 12.4 Å². The topological polar surface area (TPSA) is 29.5 Å². The predicted molar refractivity (Wildman–Crippen MR) is 41.3 cm³/mol. The number of aliphatic hydroxyl groups excluding tert-OH is 1. The van der Waals surface area contributed by atoms with Crippen LogP contribution in [0, 0.1) is 0 Å². The van der Waals surface area contributed by atoms with Gasteiger partial charge in [-0.15, -0.1) is 0 Å². The van der Waals surface area contributed by atoms with Crippen LogP contribution in [0.3, 0.4) is 0 Å². The molecule has 0 unspecified atom stereocenters. The monoisotopic (exact) mass is 140 g/mol. The third-order valence-corrected chi connectivity index (χ3v) is 0.920. The molecule has 0 saturated heterocycles. The summed E-state index contributed by atoms with van der Waals surface area (Å²) in [5.41, 5.74) is 0.731. The van der Waals surface area contributed by atoms with Crippen LogP contribution in [0.15, 0.2) is 36.8 Å². The molecule has 0 aromatic carbocycles. The summed E-state index contributed by atoms with van der Waals surface area (Å²) in [6.07, 6.45) is 0. The highest BCUT2D eigenvalue weighted by molar-refractivity contribution is 5.17. The van der Waals surface area contributed by atoms with Crippen molar-refractivity contribution < 1.29 is 9.84 Å². The summed E-state index contributed by atoms with van der Waals surface area (Å²) in [5.74, 6) is 0.729. The Kier molecular flexibility index (Phi) is 3.51. The van der Waals surface area contributed by atoms with Gasteiger partial charge in [0, 0.05) is 0 Å². The van der Waals surface area contributed by atoms with E-state index in [0.717, 1.165) is 5.57 Å². The van der Waals surface area contributed by atoms with E-state index in [1.165, 1.54) is 0 Å². The standard InChI is InChI=1S/C8H12O2/c1-6(2)8(4)10-7(3)5-9/h9H,1,3-5H2,2H3. The zero-order chi connectivity index (χ0) is 8.15. The molecule has 0 bridgehead atoms. The average molecular weight is 140 g/mol. The van der Waals surface area contributed by atoms with Gasteiger partial charge in [0.05, 0.1) is 0 Å². The van der Waals surface area contributed by atoms with E-state index in [2.05, 4.69) is 19.7 Å². The molecule has 1 N–H and O–H groups in total. The van der Waals surface area contributed by atoms with Gasteiger partial charge >= 0.3 is 0 Å². The van der Waals surface area contributed by atoms with Crippen LogP contribution in [0.4, 0.5) is 0 Å². The SMILES string of the molecule is C=C(CO)OC(=C)C(=C)C. The molecule has 56 valence electrons. The van der Waals surface area contributed by atoms with Crippen molar-refractivity contribution in [3.8, 4) is 0 Å². The molecular weight excluding hydrogens is 128 g/mol. The lowest BCUT2D eigenvalue weighted by Crippen LogP contribution is -1.95. The second-order valence-electron chi connectivity index (χ2n) is 2.00. The van der Waals surface area contributed by atoms with Gasteiger partial charge < -0.3 is 9.84 Å². The van der Waals surface area contributed by atoms with Crippen LogP contribution < -0.4 is 0 Å². The van der Waals surface area contributed by atoms with Crippen molar-refractivity contribution in [2.75, 3.05) is 6.61 Å². The fourth-order valence-corrected chi connectivity index (χ4v) is 0.294. The fraction of sp³-hybridized carbons (Fsp3) is 0.250. The quantitative estimate of drug-likeness (QED) is 0.474. The summed E-state index contributed by atoms with van der Waals surface area (Å²) >= 11 is 0. The Balaban J connectivity index is 3.80. The fourth-order valence-electron chi connectivity index (χ4n) is 0.294. The van der Waals surface area contributed by atoms with E-state index in [1.54, 1.807) is 6.92 Å². The van der Waals surface area contributed by atoms with Gasteiger partial charge in [0.25, 0.3) is 0 Å². The maximum absolute atomic E-state index is 8.47. The summed E-state index contributed by atoms with van der Waals surface area (Å²) in [7, 11) is 0. The van der Waals surface area contributed by atoms with Gasteiger partial charge in [-0.25, -0.2) is 0 Å². The van der Waals surface area contributed by atoms with Gasteiger partial charge in [-0.3, -0.25) is 0 Å². The van der Waals surface area contributed by atoms with E-state index in [1.807, 2.05) is 0 Å². The normalized spacial score (nSPS) is 8.60. The lowest BCUT2D eigenvalue weighted by molar-refractivity contribution is 0.222. The van der Waals surface area contributed by atoms with Crippen molar-refractivity contribution in [2.24, 2.45) is 0 Å².